The standard InChI is InChI=1S/C23H26BrN3O4.C2H6/c1-3-31-23(28)26-8-6-15(7-9-26)21-19-12-20(27(29)30)14(2)10-16(19)4-5-17-11-18(24)13-25-22(17)21;1-2/h10-13,22,25H,3-9H2,1-2H3;1-2H3. The summed E-state index contributed by atoms with van der Waals surface area (Å²) in [6.07, 6.45) is 7.00. The first kappa shape index (κ1) is 25.0. The molecule has 178 valence electrons. The zero-order valence-corrected chi connectivity index (χ0v) is 21.3. The molecule has 0 bridgehead atoms. The number of hydrogen-bond donors (Lipinski definition) is 1. The number of likely N-dealkylation sites (tertiary alicyclic amines) is 1. The normalized spacial score (nSPS) is 19.5. The van der Waals surface area contributed by atoms with Gasteiger partial charge in [-0.1, -0.05) is 19.4 Å². The lowest BCUT2D eigenvalue weighted by Crippen LogP contribution is -2.38. The smallest absolute Gasteiger partial charge is 0.409 e. The van der Waals surface area contributed by atoms with E-state index in [0.717, 1.165) is 46.9 Å². The Labute approximate surface area is 203 Å². The van der Waals surface area contributed by atoms with Gasteiger partial charge in [0.15, 0.2) is 0 Å². The summed E-state index contributed by atoms with van der Waals surface area (Å²) >= 11 is 3.57. The summed E-state index contributed by atoms with van der Waals surface area (Å²) in [7, 11) is 0. The van der Waals surface area contributed by atoms with E-state index >= 15 is 0 Å². The van der Waals surface area contributed by atoms with Crippen molar-refractivity contribution in [2.24, 2.45) is 0 Å². The number of amides is 1. The Morgan fingerprint density at radius 1 is 1.24 bits per heavy atom. The molecule has 1 fully saturated rings. The number of piperidine rings is 1. The number of rotatable bonds is 2. The third-order valence-electron chi connectivity index (χ3n) is 6.24. The van der Waals surface area contributed by atoms with Gasteiger partial charge in [0.1, 0.15) is 0 Å². The van der Waals surface area contributed by atoms with Crippen LogP contribution in [0.1, 0.15) is 56.7 Å². The fourth-order valence-electron chi connectivity index (χ4n) is 4.74. The topological polar surface area (TPSA) is 84.7 Å². The minimum absolute atomic E-state index is 0.0194. The molecule has 1 aromatic carbocycles. The van der Waals surface area contributed by atoms with Crippen molar-refractivity contribution in [1.29, 1.82) is 0 Å². The van der Waals surface area contributed by atoms with E-state index in [1.165, 1.54) is 11.1 Å². The maximum Gasteiger partial charge on any atom is 0.409 e. The highest BCUT2D eigenvalue weighted by Crippen LogP contribution is 2.41. The van der Waals surface area contributed by atoms with Crippen molar-refractivity contribution in [1.82, 2.24) is 10.2 Å². The number of allylic oxidation sites excluding steroid dienone is 2. The Morgan fingerprint density at radius 3 is 2.58 bits per heavy atom. The summed E-state index contributed by atoms with van der Waals surface area (Å²) in [5.41, 5.74) is 6.59. The maximum atomic E-state index is 12.1. The van der Waals surface area contributed by atoms with Crippen LogP contribution in [0.4, 0.5) is 10.5 Å². The summed E-state index contributed by atoms with van der Waals surface area (Å²) in [4.78, 5) is 25.2. The Morgan fingerprint density at radius 2 is 1.94 bits per heavy atom. The first-order valence-electron chi connectivity index (χ1n) is 11.6. The lowest BCUT2D eigenvalue weighted by Gasteiger charge is -2.33. The SMILES string of the molecule is CC.CCOC(=O)N1CCC(=C2c3cc([N+](=O)[O-])c(C)cc3CCC3=CC(Br)=CNC32)CC1. The number of ether oxygens (including phenoxy) is 1. The van der Waals surface area contributed by atoms with Gasteiger partial charge in [0.05, 0.1) is 17.6 Å². The molecule has 4 rings (SSSR count). The molecular formula is C25H32BrN3O4. The van der Waals surface area contributed by atoms with Gasteiger partial charge in [-0.15, -0.1) is 0 Å². The van der Waals surface area contributed by atoms with Crippen LogP contribution in [0.15, 0.2) is 40.0 Å². The van der Waals surface area contributed by atoms with Crippen molar-refractivity contribution in [3.05, 3.63) is 66.8 Å². The molecular weight excluding hydrogens is 486 g/mol. The van der Waals surface area contributed by atoms with E-state index in [4.69, 9.17) is 4.74 Å². The van der Waals surface area contributed by atoms with Gasteiger partial charge in [0.25, 0.3) is 5.69 Å². The molecule has 33 heavy (non-hydrogen) atoms. The number of nitro benzene ring substituents is 1. The number of benzene rings is 1. The van der Waals surface area contributed by atoms with Crippen LogP contribution in [0.5, 0.6) is 0 Å². The summed E-state index contributed by atoms with van der Waals surface area (Å²) in [6, 6.07) is 3.71. The predicted octanol–water partition coefficient (Wildman–Crippen LogP) is 6.02. The summed E-state index contributed by atoms with van der Waals surface area (Å²) in [5.74, 6) is 0. The fraction of sp³-hybridized carbons (Fsp3) is 0.480. The third kappa shape index (κ3) is 5.32. The Bertz CT molecular complexity index is 1020. The number of nitrogens with zero attached hydrogens (tertiary/aromatic N) is 2. The van der Waals surface area contributed by atoms with Crippen LogP contribution in [-0.2, 0) is 11.2 Å². The Hall–Kier alpha value is -2.61. The number of fused-ring (bicyclic) bond motifs is 2. The van der Waals surface area contributed by atoms with Crippen LogP contribution in [-0.4, -0.2) is 41.7 Å². The monoisotopic (exact) mass is 517 g/mol. The van der Waals surface area contributed by atoms with Gasteiger partial charge in [0, 0.05) is 35.4 Å². The van der Waals surface area contributed by atoms with Crippen molar-refractivity contribution in [3.63, 3.8) is 0 Å². The number of nitro groups is 1. The second-order valence-corrected chi connectivity index (χ2v) is 9.02. The zero-order valence-electron chi connectivity index (χ0n) is 19.7. The number of aryl methyl sites for hydroxylation is 2. The van der Waals surface area contributed by atoms with Crippen molar-refractivity contribution >= 4 is 33.3 Å². The molecule has 8 heteroatoms. The molecule has 1 saturated heterocycles. The summed E-state index contributed by atoms with van der Waals surface area (Å²) in [5, 5.41) is 15.2. The average Bonchev–Trinajstić information content (AvgIpc) is 2.96. The number of carbonyl (C=O) groups is 1. The molecule has 1 atom stereocenters. The molecule has 2 aliphatic heterocycles. The van der Waals surface area contributed by atoms with Crippen LogP contribution in [0.3, 0.4) is 0 Å². The van der Waals surface area contributed by atoms with Gasteiger partial charge in [0.2, 0.25) is 0 Å². The van der Waals surface area contributed by atoms with Crippen molar-refractivity contribution in [3.8, 4) is 0 Å². The minimum Gasteiger partial charge on any atom is -0.450 e. The first-order chi connectivity index (χ1) is 15.9. The molecule has 1 N–H and O–H groups in total. The highest BCUT2D eigenvalue weighted by atomic mass is 79.9. The third-order valence-corrected chi connectivity index (χ3v) is 6.69. The van der Waals surface area contributed by atoms with E-state index in [1.54, 1.807) is 24.8 Å². The minimum atomic E-state index is -0.298. The van der Waals surface area contributed by atoms with Gasteiger partial charge in [-0.05, 0) is 89.9 Å². The van der Waals surface area contributed by atoms with E-state index in [1.807, 2.05) is 26.1 Å². The summed E-state index contributed by atoms with van der Waals surface area (Å²) < 4.78 is 6.15. The van der Waals surface area contributed by atoms with Crippen LogP contribution in [0.2, 0.25) is 0 Å². The van der Waals surface area contributed by atoms with Gasteiger partial charge >= 0.3 is 6.09 Å². The molecule has 0 saturated carbocycles. The number of nitrogens with one attached hydrogen (secondary N) is 1. The average molecular weight is 518 g/mol. The Balaban J connectivity index is 0.00000149. The quantitative estimate of drug-likeness (QED) is 0.383. The van der Waals surface area contributed by atoms with Gasteiger partial charge < -0.3 is 15.0 Å². The molecule has 1 aromatic rings. The van der Waals surface area contributed by atoms with Gasteiger partial charge in [-0.3, -0.25) is 10.1 Å². The number of halogens is 1. The lowest BCUT2D eigenvalue weighted by molar-refractivity contribution is -0.385. The van der Waals surface area contributed by atoms with Crippen molar-refractivity contribution in [2.45, 2.75) is 59.4 Å². The van der Waals surface area contributed by atoms with Crippen LogP contribution < -0.4 is 5.32 Å². The predicted molar refractivity (Wildman–Crippen MR) is 134 cm³/mol. The number of hydrogen-bond acceptors (Lipinski definition) is 5. The van der Waals surface area contributed by atoms with Crippen LogP contribution in [0, 0.1) is 17.0 Å². The van der Waals surface area contributed by atoms with Gasteiger partial charge in [-0.2, -0.15) is 0 Å². The highest BCUT2D eigenvalue weighted by Gasteiger charge is 2.33. The van der Waals surface area contributed by atoms with E-state index in [-0.39, 0.29) is 22.7 Å². The Kier molecular flexibility index (Phi) is 8.35. The molecule has 0 spiro atoms. The van der Waals surface area contributed by atoms with Crippen LogP contribution in [0.25, 0.3) is 5.57 Å². The first-order valence-corrected chi connectivity index (χ1v) is 12.4. The maximum absolute atomic E-state index is 12.1. The molecule has 3 aliphatic rings. The number of dihydropyridines is 1. The van der Waals surface area contributed by atoms with E-state index < -0.39 is 0 Å². The van der Waals surface area contributed by atoms with E-state index in [9.17, 15) is 14.9 Å². The van der Waals surface area contributed by atoms with E-state index in [0.29, 0.717) is 25.3 Å². The van der Waals surface area contributed by atoms with Crippen molar-refractivity contribution in [2.75, 3.05) is 19.7 Å². The largest absolute Gasteiger partial charge is 0.450 e. The molecule has 1 unspecified atom stereocenters. The molecule has 1 aliphatic carbocycles. The lowest BCUT2D eigenvalue weighted by atomic mass is 9.84. The van der Waals surface area contributed by atoms with Crippen LogP contribution >= 0.6 is 15.9 Å². The fourth-order valence-corrected chi connectivity index (χ4v) is 5.17. The van der Waals surface area contributed by atoms with Crippen molar-refractivity contribution < 1.29 is 14.5 Å². The second kappa shape index (κ2) is 11.0. The molecule has 0 radical (unpaired) electrons. The van der Waals surface area contributed by atoms with E-state index in [2.05, 4.69) is 27.3 Å². The highest BCUT2D eigenvalue weighted by molar-refractivity contribution is 9.11. The zero-order chi connectivity index (χ0) is 24.1. The summed E-state index contributed by atoms with van der Waals surface area (Å²) in [6.45, 7) is 9.15. The molecule has 0 aromatic heterocycles. The molecule has 7 nitrogen and oxygen atoms in total. The number of carbonyl (C=O) groups excluding carboxylic acids is 1. The molecule has 1 amide bonds. The molecule has 2 heterocycles. The van der Waals surface area contributed by atoms with Gasteiger partial charge in [-0.25, -0.2) is 4.79 Å². The second-order valence-electron chi connectivity index (χ2n) is 8.10.